The van der Waals surface area contributed by atoms with Crippen LogP contribution in [0.2, 0.25) is 0 Å². The maximum absolute atomic E-state index is 13.2. The fraction of sp³-hybridized carbons (Fsp3) is 0.500. The number of pyridine rings is 1. The van der Waals surface area contributed by atoms with Gasteiger partial charge in [0.15, 0.2) is 6.10 Å². The van der Waals surface area contributed by atoms with Gasteiger partial charge in [0.25, 0.3) is 0 Å². The third-order valence-electron chi connectivity index (χ3n) is 8.86. The lowest BCUT2D eigenvalue weighted by atomic mass is 9.74. The van der Waals surface area contributed by atoms with Crippen molar-refractivity contribution in [1.82, 2.24) is 4.98 Å². The molecule has 0 amide bonds. The van der Waals surface area contributed by atoms with Crippen LogP contribution in [0.3, 0.4) is 0 Å². The zero-order chi connectivity index (χ0) is 30.7. The number of carboxylic acids is 1. The van der Waals surface area contributed by atoms with Crippen molar-refractivity contribution in [2.45, 2.75) is 84.8 Å². The monoisotopic (exact) mass is 588 g/mol. The quantitative estimate of drug-likeness (QED) is 0.272. The molecule has 230 valence electrons. The second-order valence-electron chi connectivity index (χ2n) is 13.2. The highest BCUT2D eigenvalue weighted by molar-refractivity contribution is 5.88. The summed E-state index contributed by atoms with van der Waals surface area (Å²) in [6.45, 7) is 11.9. The van der Waals surface area contributed by atoms with Crippen LogP contribution in [0, 0.1) is 31.5 Å². The SMILES string of the molecule is Cc1nc(C)c([C@H](OC(C)(C)C)C(=O)O)c(N2CC[C@H]3CCCC[C@@H]3C2)c1-c1ccc(OCCc2ccc(F)cc2)cc1. The first-order valence-corrected chi connectivity index (χ1v) is 15.6. The maximum atomic E-state index is 13.2. The minimum atomic E-state index is -1.14. The molecular weight excluding hydrogens is 543 g/mol. The fourth-order valence-electron chi connectivity index (χ4n) is 6.88. The number of aromatic nitrogens is 1. The second kappa shape index (κ2) is 13.0. The first-order valence-electron chi connectivity index (χ1n) is 15.6. The van der Waals surface area contributed by atoms with E-state index in [2.05, 4.69) is 4.90 Å². The molecule has 0 radical (unpaired) electrons. The van der Waals surface area contributed by atoms with Gasteiger partial charge in [-0.25, -0.2) is 9.18 Å². The van der Waals surface area contributed by atoms with E-state index >= 15 is 0 Å². The predicted molar refractivity (Wildman–Crippen MR) is 168 cm³/mol. The fourth-order valence-corrected chi connectivity index (χ4v) is 6.88. The lowest BCUT2D eigenvalue weighted by molar-refractivity contribution is -0.160. The third kappa shape index (κ3) is 7.38. The van der Waals surface area contributed by atoms with Gasteiger partial charge in [-0.15, -0.1) is 0 Å². The third-order valence-corrected chi connectivity index (χ3v) is 8.86. The van der Waals surface area contributed by atoms with Crippen LogP contribution in [-0.4, -0.2) is 41.4 Å². The average molecular weight is 589 g/mol. The van der Waals surface area contributed by atoms with Crippen LogP contribution in [0.1, 0.15) is 81.5 Å². The maximum Gasteiger partial charge on any atom is 0.337 e. The minimum Gasteiger partial charge on any atom is -0.493 e. The van der Waals surface area contributed by atoms with Gasteiger partial charge < -0.3 is 19.5 Å². The van der Waals surface area contributed by atoms with Crippen molar-refractivity contribution in [2.75, 3.05) is 24.6 Å². The Morgan fingerprint density at radius 3 is 2.33 bits per heavy atom. The molecule has 1 aliphatic carbocycles. The predicted octanol–water partition coefficient (Wildman–Crippen LogP) is 8.08. The van der Waals surface area contributed by atoms with Gasteiger partial charge in [-0.2, -0.15) is 0 Å². The van der Waals surface area contributed by atoms with Crippen molar-refractivity contribution in [2.24, 2.45) is 11.8 Å². The molecule has 7 heteroatoms. The molecule has 6 nitrogen and oxygen atoms in total. The number of hydrogen-bond acceptors (Lipinski definition) is 5. The number of carboxylic acid groups (broad SMARTS) is 1. The van der Waals surface area contributed by atoms with Crippen molar-refractivity contribution < 1.29 is 23.8 Å². The van der Waals surface area contributed by atoms with Gasteiger partial charge in [0, 0.05) is 42.0 Å². The number of aryl methyl sites for hydroxylation is 2. The highest BCUT2D eigenvalue weighted by Gasteiger charge is 2.38. The van der Waals surface area contributed by atoms with E-state index in [1.165, 1.54) is 37.8 Å². The second-order valence-corrected chi connectivity index (χ2v) is 13.2. The first kappa shape index (κ1) is 31.0. The molecule has 2 fully saturated rings. The van der Waals surface area contributed by atoms with Crippen LogP contribution in [0.5, 0.6) is 5.75 Å². The summed E-state index contributed by atoms with van der Waals surface area (Å²) in [5, 5.41) is 10.5. The summed E-state index contributed by atoms with van der Waals surface area (Å²) in [7, 11) is 0. The molecule has 2 heterocycles. The molecule has 1 N–H and O–H groups in total. The molecule has 1 aromatic heterocycles. The van der Waals surface area contributed by atoms with E-state index in [-0.39, 0.29) is 5.82 Å². The van der Waals surface area contributed by atoms with E-state index in [9.17, 15) is 14.3 Å². The molecule has 2 aliphatic rings. The number of benzene rings is 2. The largest absolute Gasteiger partial charge is 0.493 e. The summed E-state index contributed by atoms with van der Waals surface area (Å²) in [5.74, 6) is 0.849. The van der Waals surface area contributed by atoms with Gasteiger partial charge in [0.2, 0.25) is 0 Å². The van der Waals surface area contributed by atoms with E-state index in [1.54, 1.807) is 12.1 Å². The first-order chi connectivity index (χ1) is 20.5. The van der Waals surface area contributed by atoms with Crippen LogP contribution in [-0.2, 0) is 16.0 Å². The number of ether oxygens (including phenoxy) is 2. The molecule has 0 spiro atoms. The summed E-state index contributed by atoms with van der Waals surface area (Å²) in [4.78, 5) is 20.1. The zero-order valence-electron chi connectivity index (χ0n) is 26.2. The zero-order valence-corrected chi connectivity index (χ0v) is 26.2. The Morgan fingerprint density at radius 2 is 1.67 bits per heavy atom. The molecule has 3 atom stereocenters. The van der Waals surface area contributed by atoms with Gasteiger partial charge in [0.1, 0.15) is 11.6 Å². The summed E-state index contributed by atoms with van der Waals surface area (Å²) in [6, 6.07) is 14.5. The van der Waals surface area contributed by atoms with E-state index in [0.717, 1.165) is 59.2 Å². The Hall–Kier alpha value is -3.45. The molecule has 1 saturated heterocycles. The molecule has 0 unspecified atom stereocenters. The summed E-state index contributed by atoms with van der Waals surface area (Å²) < 4.78 is 25.5. The van der Waals surface area contributed by atoms with Crippen LogP contribution in [0.4, 0.5) is 10.1 Å². The van der Waals surface area contributed by atoms with Gasteiger partial charge >= 0.3 is 5.97 Å². The van der Waals surface area contributed by atoms with Gasteiger partial charge in [-0.1, -0.05) is 43.5 Å². The number of rotatable bonds is 9. The Balaban J connectivity index is 1.51. The Kier molecular flexibility index (Phi) is 9.40. The van der Waals surface area contributed by atoms with Crippen LogP contribution < -0.4 is 9.64 Å². The number of fused-ring (bicyclic) bond motifs is 1. The lowest BCUT2D eigenvalue weighted by Gasteiger charge is -2.44. The Labute approximate surface area is 255 Å². The van der Waals surface area contributed by atoms with Crippen molar-refractivity contribution in [3.8, 4) is 16.9 Å². The molecule has 5 rings (SSSR count). The Bertz CT molecular complexity index is 1420. The highest BCUT2D eigenvalue weighted by atomic mass is 19.1. The normalized spacial score (nSPS) is 19.5. The molecule has 0 bridgehead atoms. The van der Waals surface area contributed by atoms with Gasteiger partial charge in [-0.3, -0.25) is 4.98 Å². The van der Waals surface area contributed by atoms with Crippen LogP contribution >= 0.6 is 0 Å². The molecule has 1 aliphatic heterocycles. The van der Waals surface area contributed by atoms with Crippen molar-refractivity contribution in [3.05, 3.63) is 76.9 Å². The molecule has 3 aromatic rings. The van der Waals surface area contributed by atoms with Crippen molar-refractivity contribution in [3.63, 3.8) is 0 Å². The van der Waals surface area contributed by atoms with Crippen molar-refractivity contribution in [1.29, 1.82) is 0 Å². The minimum absolute atomic E-state index is 0.244. The number of carbonyl (C=O) groups is 1. The molecule has 1 saturated carbocycles. The topological polar surface area (TPSA) is 71.9 Å². The number of halogens is 1. The van der Waals surface area contributed by atoms with E-state index < -0.39 is 17.7 Å². The summed E-state index contributed by atoms with van der Waals surface area (Å²) >= 11 is 0. The van der Waals surface area contributed by atoms with Gasteiger partial charge in [0.05, 0.1) is 17.9 Å². The number of hydrogen-bond donors (Lipinski definition) is 1. The number of anilines is 1. The summed E-state index contributed by atoms with van der Waals surface area (Å²) in [5.41, 5.74) is 5.44. The number of nitrogens with zero attached hydrogens (tertiary/aromatic N) is 2. The summed E-state index contributed by atoms with van der Waals surface area (Å²) in [6.07, 6.45) is 5.74. The van der Waals surface area contributed by atoms with E-state index in [0.29, 0.717) is 30.2 Å². The standard InChI is InChI=1S/C36H45FN2O4/c1-23-31(27-12-16-30(17-13-27)42-21-19-25-10-14-29(37)15-11-25)33(39-20-18-26-8-6-7-9-28(26)22-39)32(24(2)38-23)34(35(40)41)43-36(3,4)5/h10-17,26,28,34H,6-9,18-22H2,1-5H3,(H,40,41)/t26-,28-,34+/m1/s1. The lowest BCUT2D eigenvalue weighted by Crippen LogP contribution is -2.43. The van der Waals surface area contributed by atoms with Crippen LogP contribution in [0.15, 0.2) is 48.5 Å². The number of piperidine rings is 1. The molecule has 2 aromatic carbocycles. The van der Waals surface area contributed by atoms with Crippen LogP contribution in [0.25, 0.3) is 11.1 Å². The van der Waals surface area contributed by atoms with E-state index in [4.69, 9.17) is 14.5 Å². The Morgan fingerprint density at radius 1 is 1.00 bits per heavy atom. The number of aliphatic carboxylic acids is 1. The van der Waals surface area contributed by atoms with Crippen molar-refractivity contribution >= 4 is 11.7 Å². The highest BCUT2D eigenvalue weighted by Crippen LogP contribution is 2.46. The average Bonchev–Trinajstić information content (AvgIpc) is 2.96. The van der Waals surface area contributed by atoms with Gasteiger partial charge in [-0.05, 0) is 94.7 Å². The van der Waals surface area contributed by atoms with E-state index in [1.807, 2.05) is 58.9 Å². The smallest absolute Gasteiger partial charge is 0.337 e. The molecule has 43 heavy (non-hydrogen) atoms. The molecular formula is C36H45FN2O4.